The number of hydrogen-bond acceptors (Lipinski definition) is 4. The molecule has 0 radical (unpaired) electrons. The van der Waals surface area contributed by atoms with E-state index in [4.69, 9.17) is 4.74 Å². The Labute approximate surface area is 104 Å². The Balaban J connectivity index is 2.24. The quantitative estimate of drug-likeness (QED) is 0.620. The minimum Gasteiger partial charge on any atom is -0.385 e. The van der Waals surface area contributed by atoms with Gasteiger partial charge in [-0.2, -0.15) is 0 Å². The summed E-state index contributed by atoms with van der Waals surface area (Å²) in [5, 5.41) is 3.49. The average Bonchev–Trinajstić information content (AvgIpc) is 2.68. The van der Waals surface area contributed by atoms with Gasteiger partial charge in [0.25, 0.3) is 0 Å². The maximum Gasteiger partial charge on any atom is 0.208 e. The molecule has 1 aliphatic rings. The summed E-state index contributed by atoms with van der Waals surface area (Å²) >= 11 is 0. The van der Waals surface area contributed by atoms with Gasteiger partial charge in [0, 0.05) is 26.3 Å². The van der Waals surface area contributed by atoms with Crippen LogP contribution in [0.3, 0.4) is 0 Å². The van der Waals surface area contributed by atoms with Crippen LogP contribution in [0.1, 0.15) is 25.7 Å². The molecule has 0 aromatic heterocycles. The van der Waals surface area contributed by atoms with E-state index in [1.165, 1.54) is 12.7 Å². The van der Waals surface area contributed by atoms with E-state index < -0.39 is 10.0 Å². The minimum atomic E-state index is -3.06. The molecule has 0 heterocycles. The molecule has 2 atom stereocenters. The van der Waals surface area contributed by atoms with E-state index in [9.17, 15) is 8.42 Å². The molecule has 5 nitrogen and oxygen atoms in total. The standard InChI is InChI=1S/C11H24N2O3S/c1-16-8-4-7-12-11-6-3-5-10(11)9-13-17(2,14)15/h10-13H,3-9H2,1-2H3. The third-order valence-electron chi connectivity index (χ3n) is 3.20. The highest BCUT2D eigenvalue weighted by molar-refractivity contribution is 7.88. The van der Waals surface area contributed by atoms with Crippen LogP contribution < -0.4 is 10.0 Å². The van der Waals surface area contributed by atoms with Crippen LogP contribution in [0.4, 0.5) is 0 Å². The number of nitrogens with one attached hydrogen (secondary N) is 2. The molecule has 0 aromatic rings. The normalized spacial score (nSPS) is 25.3. The first-order valence-electron chi connectivity index (χ1n) is 6.20. The first-order chi connectivity index (χ1) is 8.03. The van der Waals surface area contributed by atoms with Gasteiger partial charge in [0.2, 0.25) is 10.0 Å². The Kier molecular flexibility index (Phi) is 6.40. The van der Waals surface area contributed by atoms with Crippen molar-refractivity contribution in [2.45, 2.75) is 31.7 Å². The number of sulfonamides is 1. The van der Waals surface area contributed by atoms with Crippen molar-refractivity contribution in [3.63, 3.8) is 0 Å². The van der Waals surface area contributed by atoms with Gasteiger partial charge in [-0.3, -0.25) is 0 Å². The van der Waals surface area contributed by atoms with E-state index >= 15 is 0 Å². The molecule has 1 fully saturated rings. The molecule has 17 heavy (non-hydrogen) atoms. The minimum absolute atomic E-state index is 0.423. The first-order valence-corrected chi connectivity index (χ1v) is 8.09. The second-order valence-corrected chi connectivity index (χ2v) is 6.55. The van der Waals surface area contributed by atoms with E-state index in [-0.39, 0.29) is 0 Å². The summed E-state index contributed by atoms with van der Waals surface area (Å²) in [6.07, 6.45) is 5.63. The lowest BCUT2D eigenvalue weighted by Crippen LogP contribution is -2.39. The summed E-state index contributed by atoms with van der Waals surface area (Å²) in [5.74, 6) is 0.423. The largest absolute Gasteiger partial charge is 0.385 e. The maximum atomic E-state index is 11.0. The number of ether oxygens (including phenoxy) is 1. The van der Waals surface area contributed by atoms with Crippen LogP contribution in [-0.2, 0) is 14.8 Å². The van der Waals surface area contributed by atoms with Crippen molar-refractivity contribution in [1.82, 2.24) is 10.0 Å². The van der Waals surface area contributed by atoms with E-state index in [1.807, 2.05) is 0 Å². The van der Waals surface area contributed by atoms with Gasteiger partial charge in [0.05, 0.1) is 6.26 Å². The molecule has 0 bridgehead atoms. The summed E-state index contributed by atoms with van der Waals surface area (Å²) in [6.45, 7) is 2.26. The molecule has 2 N–H and O–H groups in total. The molecule has 0 amide bonds. The third-order valence-corrected chi connectivity index (χ3v) is 3.89. The highest BCUT2D eigenvalue weighted by Crippen LogP contribution is 2.25. The molecule has 2 unspecified atom stereocenters. The van der Waals surface area contributed by atoms with Gasteiger partial charge in [0.15, 0.2) is 0 Å². The summed E-state index contributed by atoms with van der Waals surface area (Å²) in [4.78, 5) is 0. The van der Waals surface area contributed by atoms with Gasteiger partial charge >= 0.3 is 0 Å². The zero-order valence-corrected chi connectivity index (χ0v) is 11.6. The van der Waals surface area contributed by atoms with Crippen molar-refractivity contribution in [3.8, 4) is 0 Å². The molecular formula is C11H24N2O3S. The SMILES string of the molecule is COCCCNC1CCCC1CNS(C)(=O)=O. The molecule has 0 aromatic carbocycles. The van der Waals surface area contributed by atoms with Gasteiger partial charge in [-0.1, -0.05) is 6.42 Å². The molecule has 0 saturated heterocycles. The fourth-order valence-electron chi connectivity index (χ4n) is 2.31. The lowest BCUT2D eigenvalue weighted by molar-refractivity contribution is 0.192. The Morgan fingerprint density at radius 3 is 2.76 bits per heavy atom. The van der Waals surface area contributed by atoms with Crippen LogP contribution in [-0.4, -0.2) is 47.5 Å². The predicted octanol–water partition coefficient (Wildman–Crippen LogP) is 0.330. The number of methoxy groups -OCH3 is 1. The zero-order valence-electron chi connectivity index (χ0n) is 10.7. The average molecular weight is 264 g/mol. The van der Waals surface area contributed by atoms with Crippen molar-refractivity contribution >= 4 is 10.0 Å². The summed E-state index contributed by atoms with van der Waals surface area (Å²) in [7, 11) is -1.36. The molecule has 1 saturated carbocycles. The molecule has 0 aliphatic heterocycles. The lowest BCUT2D eigenvalue weighted by atomic mass is 10.0. The molecule has 102 valence electrons. The molecule has 0 spiro atoms. The van der Waals surface area contributed by atoms with Gasteiger partial charge in [-0.25, -0.2) is 13.1 Å². The summed E-state index contributed by atoms with van der Waals surface area (Å²) in [5.41, 5.74) is 0. The summed E-state index contributed by atoms with van der Waals surface area (Å²) in [6, 6.07) is 0.445. The zero-order chi connectivity index (χ0) is 12.7. The van der Waals surface area contributed by atoms with Gasteiger partial charge < -0.3 is 10.1 Å². The van der Waals surface area contributed by atoms with Crippen molar-refractivity contribution in [2.75, 3.05) is 33.1 Å². The van der Waals surface area contributed by atoms with Crippen molar-refractivity contribution in [2.24, 2.45) is 5.92 Å². The van der Waals surface area contributed by atoms with Gasteiger partial charge in [-0.05, 0) is 31.7 Å². The number of hydrogen-bond donors (Lipinski definition) is 2. The maximum absolute atomic E-state index is 11.0. The second-order valence-electron chi connectivity index (χ2n) is 4.72. The topological polar surface area (TPSA) is 67.4 Å². The third kappa shape index (κ3) is 6.35. The molecule has 6 heteroatoms. The van der Waals surface area contributed by atoms with Crippen molar-refractivity contribution in [1.29, 1.82) is 0 Å². The van der Waals surface area contributed by atoms with E-state index in [1.54, 1.807) is 7.11 Å². The molecular weight excluding hydrogens is 240 g/mol. The Hall–Kier alpha value is -0.170. The Morgan fingerprint density at radius 1 is 1.35 bits per heavy atom. The van der Waals surface area contributed by atoms with Crippen LogP contribution in [0.5, 0.6) is 0 Å². The smallest absolute Gasteiger partial charge is 0.208 e. The van der Waals surface area contributed by atoms with Gasteiger partial charge in [0.1, 0.15) is 0 Å². The van der Waals surface area contributed by atoms with E-state index in [0.717, 1.165) is 32.4 Å². The van der Waals surface area contributed by atoms with Crippen molar-refractivity contribution in [3.05, 3.63) is 0 Å². The highest BCUT2D eigenvalue weighted by atomic mass is 32.2. The van der Waals surface area contributed by atoms with E-state index in [0.29, 0.717) is 18.5 Å². The predicted molar refractivity (Wildman–Crippen MR) is 68.5 cm³/mol. The van der Waals surface area contributed by atoms with Crippen LogP contribution in [0, 0.1) is 5.92 Å². The van der Waals surface area contributed by atoms with E-state index in [2.05, 4.69) is 10.0 Å². The fourth-order valence-corrected chi connectivity index (χ4v) is 2.83. The van der Waals surface area contributed by atoms with Crippen molar-refractivity contribution < 1.29 is 13.2 Å². The number of rotatable bonds is 8. The van der Waals surface area contributed by atoms with Crippen LogP contribution in [0.2, 0.25) is 0 Å². The summed E-state index contributed by atoms with van der Waals surface area (Å²) < 4.78 is 29.7. The van der Waals surface area contributed by atoms with Crippen LogP contribution in [0.15, 0.2) is 0 Å². The first kappa shape index (κ1) is 14.9. The Bertz CT molecular complexity index is 306. The molecule has 1 rings (SSSR count). The second kappa shape index (κ2) is 7.31. The Morgan fingerprint density at radius 2 is 2.12 bits per heavy atom. The van der Waals surface area contributed by atoms with Crippen LogP contribution in [0.25, 0.3) is 0 Å². The van der Waals surface area contributed by atoms with Gasteiger partial charge in [-0.15, -0.1) is 0 Å². The fraction of sp³-hybridized carbons (Fsp3) is 1.00. The monoisotopic (exact) mass is 264 g/mol. The lowest BCUT2D eigenvalue weighted by Gasteiger charge is -2.21. The highest BCUT2D eigenvalue weighted by Gasteiger charge is 2.26. The molecule has 1 aliphatic carbocycles. The van der Waals surface area contributed by atoms with Crippen LogP contribution >= 0.6 is 0 Å².